The van der Waals surface area contributed by atoms with E-state index in [0.717, 1.165) is 14.8 Å². The van der Waals surface area contributed by atoms with E-state index in [1.165, 1.54) is 11.5 Å². The summed E-state index contributed by atoms with van der Waals surface area (Å²) in [5.41, 5.74) is 6.92. The predicted octanol–water partition coefficient (Wildman–Crippen LogP) is 2.71. The first-order valence-electron chi connectivity index (χ1n) is 4.56. The molecule has 15 heavy (non-hydrogen) atoms. The van der Waals surface area contributed by atoms with Gasteiger partial charge < -0.3 is 5.73 Å². The molecule has 0 amide bonds. The van der Waals surface area contributed by atoms with Crippen LogP contribution >= 0.6 is 23.3 Å². The molecule has 1 aromatic carbocycles. The minimum atomic E-state index is 0.0885. The zero-order valence-electron chi connectivity index (χ0n) is 8.25. The molecule has 0 aliphatic heterocycles. The van der Waals surface area contributed by atoms with Crippen molar-refractivity contribution in [1.29, 1.82) is 0 Å². The maximum atomic E-state index is 5.77. The number of benzene rings is 1. The molecule has 1 aromatic heterocycles. The summed E-state index contributed by atoms with van der Waals surface area (Å²) in [5, 5.41) is 0. The minimum Gasteiger partial charge on any atom is -0.324 e. The van der Waals surface area contributed by atoms with Crippen LogP contribution in [0.5, 0.6) is 0 Å². The van der Waals surface area contributed by atoms with Crippen LogP contribution in [0.15, 0.2) is 39.8 Å². The number of aromatic nitrogens is 2. The van der Waals surface area contributed by atoms with Gasteiger partial charge in [0, 0.05) is 10.9 Å². The van der Waals surface area contributed by atoms with Crippen molar-refractivity contribution in [3.05, 3.63) is 36.2 Å². The second kappa shape index (κ2) is 4.74. The van der Waals surface area contributed by atoms with Crippen molar-refractivity contribution in [1.82, 2.24) is 9.36 Å². The molecule has 0 aliphatic carbocycles. The lowest BCUT2D eigenvalue weighted by Crippen LogP contribution is -2.04. The van der Waals surface area contributed by atoms with Crippen LogP contribution in [0, 0.1) is 0 Å². The molecule has 5 heteroatoms. The Bertz CT molecular complexity index is 409. The molecule has 3 nitrogen and oxygen atoms in total. The normalized spacial score (nSPS) is 12.7. The van der Waals surface area contributed by atoms with Crippen LogP contribution in [0.1, 0.15) is 18.5 Å². The van der Waals surface area contributed by atoms with Crippen LogP contribution in [0.25, 0.3) is 0 Å². The molecule has 1 heterocycles. The summed E-state index contributed by atoms with van der Waals surface area (Å²) in [5.74, 6) is 0. The highest BCUT2D eigenvalue weighted by atomic mass is 32.2. The first-order valence-corrected chi connectivity index (χ1v) is 6.15. The van der Waals surface area contributed by atoms with Crippen molar-refractivity contribution < 1.29 is 0 Å². The fourth-order valence-electron chi connectivity index (χ4n) is 1.15. The van der Waals surface area contributed by atoms with Gasteiger partial charge in [0.25, 0.3) is 0 Å². The van der Waals surface area contributed by atoms with Crippen LogP contribution in [0.3, 0.4) is 0 Å². The molecule has 0 radical (unpaired) electrons. The number of nitrogens with zero attached hydrogens (tertiary/aromatic N) is 2. The van der Waals surface area contributed by atoms with Crippen molar-refractivity contribution in [2.24, 2.45) is 5.73 Å². The highest BCUT2D eigenvalue weighted by Gasteiger charge is 2.02. The number of nitrogens with two attached hydrogens (primary N) is 1. The third-order valence-corrected chi connectivity index (χ3v) is 3.67. The summed E-state index contributed by atoms with van der Waals surface area (Å²) in [4.78, 5) is 5.28. The molecular weight excluding hydrogens is 226 g/mol. The third kappa shape index (κ3) is 2.77. The molecule has 0 spiro atoms. The summed E-state index contributed by atoms with van der Waals surface area (Å²) < 4.78 is 4.92. The molecule has 1 atom stereocenters. The van der Waals surface area contributed by atoms with E-state index in [0.29, 0.717) is 0 Å². The largest absolute Gasteiger partial charge is 0.324 e. The lowest BCUT2D eigenvalue weighted by atomic mass is 10.1. The Labute approximate surface area is 96.9 Å². The third-order valence-electron chi connectivity index (χ3n) is 1.95. The van der Waals surface area contributed by atoms with E-state index in [9.17, 15) is 0 Å². The fraction of sp³-hybridized carbons (Fsp3) is 0.200. The lowest BCUT2D eigenvalue weighted by molar-refractivity contribution is 0.817. The highest BCUT2D eigenvalue weighted by molar-refractivity contribution is 8.01. The quantitative estimate of drug-likeness (QED) is 0.891. The van der Waals surface area contributed by atoms with Gasteiger partial charge in [-0.2, -0.15) is 4.37 Å². The van der Waals surface area contributed by atoms with Gasteiger partial charge in [-0.15, -0.1) is 0 Å². The number of hydrogen-bond acceptors (Lipinski definition) is 5. The Balaban J connectivity index is 2.11. The molecule has 1 unspecified atom stereocenters. The Morgan fingerprint density at radius 1 is 1.33 bits per heavy atom. The van der Waals surface area contributed by atoms with Gasteiger partial charge in [0.2, 0.25) is 0 Å². The fourth-order valence-corrected chi connectivity index (χ4v) is 2.57. The number of hydrogen-bond donors (Lipinski definition) is 1. The van der Waals surface area contributed by atoms with Gasteiger partial charge in [-0.05, 0) is 36.2 Å². The van der Waals surface area contributed by atoms with Crippen molar-refractivity contribution in [2.45, 2.75) is 22.2 Å². The zero-order valence-corrected chi connectivity index (χ0v) is 9.89. The Morgan fingerprint density at radius 3 is 2.60 bits per heavy atom. The van der Waals surface area contributed by atoms with E-state index in [4.69, 9.17) is 5.73 Å². The second-order valence-corrected chi connectivity index (χ2v) is 5.27. The zero-order chi connectivity index (χ0) is 10.7. The molecule has 2 N–H and O–H groups in total. The molecule has 0 fully saturated rings. The van der Waals surface area contributed by atoms with Crippen molar-refractivity contribution in [2.75, 3.05) is 0 Å². The molecule has 2 rings (SSSR count). The molecule has 0 saturated heterocycles. The SMILES string of the molecule is CC(N)c1ccc(Sc2ncns2)cc1. The first kappa shape index (κ1) is 10.6. The van der Waals surface area contributed by atoms with E-state index in [1.807, 2.05) is 19.1 Å². The Kier molecular flexibility index (Phi) is 3.35. The van der Waals surface area contributed by atoms with Gasteiger partial charge >= 0.3 is 0 Å². The molecule has 2 aromatic rings. The monoisotopic (exact) mass is 237 g/mol. The maximum absolute atomic E-state index is 5.77. The topological polar surface area (TPSA) is 51.8 Å². The van der Waals surface area contributed by atoms with Crippen LogP contribution in [-0.4, -0.2) is 9.36 Å². The van der Waals surface area contributed by atoms with Crippen LogP contribution in [0.2, 0.25) is 0 Å². The number of rotatable bonds is 3. The minimum absolute atomic E-state index is 0.0885. The lowest BCUT2D eigenvalue weighted by Gasteiger charge is -2.05. The second-order valence-electron chi connectivity index (χ2n) is 3.17. The smallest absolute Gasteiger partial charge is 0.174 e. The van der Waals surface area contributed by atoms with Crippen LogP contribution < -0.4 is 5.73 Å². The van der Waals surface area contributed by atoms with Crippen LogP contribution in [-0.2, 0) is 0 Å². The molecule has 0 saturated carbocycles. The predicted molar refractivity (Wildman–Crippen MR) is 63.1 cm³/mol. The van der Waals surface area contributed by atoms with E-state index in [-0.39, 0.29) is 6.04 Å². The van der Waals surface area contributed by atoms with E-state index < -0.39 is 0 Å². The van der Waals surface area contributed by atoms with Crippen molar-refractivity contribution in [3.63, 3.8) is 0 Å². The highest BCUT2D eigenvalue weighted by Crippen LogP contribution is 2.28. The van der Waals surface area contributed by atoms with E-state index >= 15 is 0 Å². The summed E-state index contributed by atoms with van der Waals surface area (Å²) in [6.07, 6.45) is 1.57. The van der Waals surface area contributed by atoms with Crippen molar-refractivity contribution >= 4 is 23.3 Å². The van der Waals surface area contributed by atoms with Gasteiger partial charge in [0.05, 0.1) is 0 Å². The summed E-state index contributed by atoms with van der Waals surface area (Å²) in [7, 11) is 0. The molecule has 0 aliphatic rings. The maximum Gasteiger partial charge on any atom is 0.174 e. The summed E-state index contributed by atoms with van der Waals surface area (Å²) >= 11 is 3.02. The molecule has 0 bridgehead atoms. The van der Waals surface area contributed by atoms with Gasteiger partial charge in [0.15, 0.2) is 4.34 Å². The standard InChI is InChI=1S/C10H11N3S2/c1-7(11)8-2-4-9(5-3-8)14-10-12-6-13-15-10/h2-7H,11H2,1H3. The summed E-state index contributed by atoms with van der Waals surface area (Å²) in [6.45, 7) is 1.98. The summed E-state index contributed by atoms with van der Waals surface area (Å²) in [6, 6.07) is 8.31. The van der Waals surface area contributed by atoms with Gasteiger partial charge in [-0.3, -0.25) is 0 Å². The Hall–Kier alpha value is -0.910. The van der Waals surface area contributed by atoms with Gasteiger partial charge in [-0.25, -0.2) is 4.98 Å². The average molecular weight is 237 g/mol. The van der Waals surface area contributed by atoms with E-state index in [2.05, 4.69) is 21.5 Å². The van der Waals surface area contributed by atoms with Gasteiger partial charge in [-0.1, -0.05) is 23.9 Å². The first-order chi connectivity index (χ1) is 7.25. The van der Waals surface area contributed by atoms with Gasteiger partial charge in [0.1, 0.15) is 6.33 Å². The van der Waals surface area contributed by atoms with E-state index in [1.54, 1.807) is 18.1 Å². The average Bonchev–Trinajstić information content (AvgIpc) is 2.71. The van der Waals surface area contributed by atoms with Crippen LogP contribution in [0.4, 0.5) is 0 Å². The molecular formula is C10H11N3S2. The molecule has 78 valence electrons. The van der Waals surface area contributed by atoms with Crippen molar-refractivity contribution in [3.8, 4) is 0 Å². The Morgan fingerprint density at radius 2 is 2.07 bits per heavy atom.